The summed E-state index contributed by atoms with van der Waals surface area (Å²) in [7, 11) is 0. The highest BCUT2D eigenvalue weighted by molar-refractivity contribution is 5.56. The van der Waals surface area contributed by atoms with Gasteiger partial charge in [-0.15, -0.1) is 0 Å². The van der Waals surface area contributed by atoms with Crippen LogP contribution in [0.25, 0.3) is 0 Å². The zero-order valence-corrected chi connectivity index (χ0v) is 10.2. The number of para-hydroxylation sites is 3. The lowest BCUT2D eigenvalue weighted by molar-refractivity contribution is 0.120. The van der Waals surface area contributed by atoms with Crippen molar-refractivity contribution in [3.8, 4) is 11.5 Å². The van der Waals surface area contributed by atoms with E-state index < -0.39 is 0 Å². The van der Waals surface area contributed by atoms with Crippen molar-refractivity contribution >= 4 is 11.4 Å². The highest BCUT2D eigenvalue weighted by Crippen LogP contribution is 2.26. The van der Waals surface area contributed by atoms with E-state index in [9.17, 15) is 0 Å². The molecule has 2 rings (SSSR count). The summed E-state index contributed by atoms with van der Waals surface area (Å²) in [6.07, 6.45) is 0. The van der Waals surface area contributed by atoms with Crippen LogP contribution >= 0.6 is 0 Å². The van der Waals surface area contributed by atoms with Gasteiger partial charge in [0, 0.05) is 0 Å². The van der Waals surface area contributed by atoms with E-state index in [1.807, 2.05) is 31.2 Å². The number of nitrogens with two attached hydrogens (primary N) is 2. The largest absolute Gasteiger partial charge is 0.455 e. The summed E-state index contributed by atoms with van der Waals surface area (Å²) in [6, 6.07) is 12.9. The van der Waals surface area contributed by atoms with Gasteiger partial charge in [-0.3, -0.25) is 0 Å². The van der Waals surface area contributed by atoms with Crippen molar-refractivity contribution in [3.63, 3.8) is 0 Å². The second kappa shape index (κ2) is 5.31. The molecule has 0 unspecified atom stereocenters. The molecule has 4 heteroatoms. The van der Waals surface area contributed by atoms with Gasteiger partial charge in [0.05, 0.1) is 11.4 Å². The van der Waals surface area contributed by atoms with E-state index >= 15 is 0 Å². The van der Waals surface area contributed by atoms with E-state index in [0.717, 1.165) is 5.56 Å². The van der Waals surface area contributed by atoms with Gasteiger partial charge in [0.25, 0.3) is 0 Å². The quantitative estimate of drug-likeness (QED) is 0.640. The number of hydrogen-bond donors (Lipinski definition) is 2. The van der Waals surface area contributed by atoms with Gasteiger partial charge in [0.1, 0.15) is 11.5 Å². The molecule has 4 N–H and O–H groups in total. The van der Waals surface area contributed by atoms with Gasteiger partial charge < -0.3 is 20.9 Å². The minimum absolute atomic E-state index is 0.0727. The molecule has 0 radical (unpaired) electrons. The fraction of sp³-hybridized carbons (Fsp3) is 0.143. The SMILES string of the molecule is Cc1cccc(N)c1OCOc1ccccc1N. The van der Waals surface area contributed by atoms with Crippen LogP contribution in [-0.2, 0) is 0 Å². The summed E-state index contributed by atoms with van der Waals surface area (Å²) in [4.78, 5) is 0. The monoisotopic (exact) mass is 244 g/mol. The maximum absolute atomic E-state index is 5.83. The highest BCUT2D eigenvalue weighted by Gasteiger charge is 2.04. The van der Waals surface area contributed by atoms with Crippen LogP contribution in [0.4, 0.5) is 11.4 Å². The molecule has 0 heterocycles. The number of ether oxygens (including phenoxy) is 2. The third-order valence-electron chi connectivity index (χ3n) is 2.58. The Bertz CT molecular complexity index is 521. The van der Waals surface area contributed by atoms with Crippen molar-refractivity contribution in [2.75, 3.05) is 18.3 Å². The standard InChI is InChI=1S/C14H16N2O2/c1-10-5-4-7-12(16)14(10)18-9-17-13-8-3-2-6-11(13)15/h2-8H,9,15-16H2,1H3. The summed E-state index contributed by atoms with van der Waals surface area (Å²) >= 11 is 0. The van der Waals surface area contributed by atoms with Crippen LogP contribution in [0.15, 0.2) is 42.5 Å². The van der Waals surface area contributed by atoms with Crippen molar-refractivity contribution in [3.05, 3.63) is 48.0 Å². The minimum atomic E-state index is 0.0727. The van der Waals surface area contributed by atoms with Crippen molar-refractivity contribution in [2.24, 2.45) is 0 Å². The first kappa shape index (κ1) is 12.1. The highest BCUT2D eigenvalue weighted by atomic mass is 16.7. The molecule has 0 atom stereocenters. The summed E-state index contributed by atoms with van der Waals surface area (Å²) in [5.74, 6) is 1.25. The molecule has 94 valence electrons. The zero-order valence-electron chi connectivity index (χ0n) is 10.2. The minimum Gasteiger partial charge on any atom is -0.455 e. The Morgan fingerprint density at radius 2 is 1.61 bits per heavy atom. The first-order valence-corrected chi connectivity index (χ1v) is 5.63. The average Bonchev–Trinajstić information content (AvgIpc) is 2.35. The molecule has 0 aliphatic rings. The van der Waals surface area contributed by atoms with Crippen molar-refractivity contribution in [1.29, 1.82) is 0 Å². The van der Waals surface area contributed by atoms with Crippen molar-refractivity contribution in [2.45, 2.75) is 6.92 Å². The molecule has 0 saturated carbocycles. The maximum atomic E-state index is 5.83. The van der Waals surface area contributed by atoms with Crippen LogP contribution in [0, 0.1) is 6.92 Å². The van der Waals surface area contributed by atoms with Gasteiger partial charge in [-0.2, -0.15) is 0 Å². The molecule has 0 aliphatic carbocycles. The molecule has 18 heavy (non-hydrogen) atoms. The topological polar surface area (TPSA) is 70.5 Å². The van der Waals surface area contributed by atoms with E-state index in [0.29, 0.717) is 22.9 Å². The number of rotatable bonds is 4. The van der Waals surface area contributed by atoms with Crippen LogP contribution in [0.1, 0.15) is 5.56 Å². The third-order valence-corrected chi connectivity index (χ3v) is 2.58. The molecule has 0 amide bonds. The Balaban J connectivity index is 1.99. The summed E-state index contributed by atoms with van der Waals surface area (Å²) in [6.45, 7) is 2.01. The average molecular weight is 244 g/mol. The van der Waals surface area contributed by atoms with Crippen LogP contribution in [0.5, 0.6) is 11.5 Å². The molecule has 0 aromatic heterocycles. The maximum Gasteiger partial charge on any atom is 0.231 e. The van der Waals surface area contributed by atoms with Gasteiger partial charge in [-0.05, 0) is 30.7 Å². The molecule has 4 nitrogen and oxygen atoms in total. The van der Waals surface area contributed by atoms with E-state index in [1.165, 1.54) is 0 Å². The van der Waals surface area contributed by atoms with Crippen LogP contribution in [0.2, 0.25) is 0 Å². The Hall–Kier alpha value is -2.36. The summed E-state index contributed by atoms with van der Waals surface area (Å²) in [5, 5.41) is 0. The lowest BCUT2D eigenvalue weighted by Gasteiger charge is -2.13. The first-order chi connectivity index (χ1) is 8.68. The summed E-state index contributed by atoms with van der Waals surface area (Å²) < 4.78 is 11.0. The Labute approximate surface area is 106 Å². The molecular weight excluding hydrogens is 228 g/mol. The molecular formula is C14H16N2O2. The third kappa shape index (κ3) is 2.66. The Morgan fingerprint density at radius 1 is 0.889 bits per heavy atom. The number of benzene rings is 2. The molecule has 2 aromatic carbocycles. The smallest absolute Gasteiger partial charge is 0.231 e. The van der Waals surface area contributed by atoms with E-state index in [-0.39, 0.29) is 6.79 Å². The Morgan fingerprint density at radius 3 is 2.33 bits per heavy atom. The predicted molar refractivity (Wildman–Crippen MR) is 72.6 cm³/mol. The molecule has 0 fully saturated rings. The van der Waals surface area contributed by atoms with Gasteiger partial charge in [0.2, 0.25) is 6.79 Å². The van der Waals surface area contributed by atoms with E-state index in [4.69, 9.17) is 20.9 Å². The van der Waals surface area contributed by atoms with E-state index in [2.05, 4.69) is 0 Å². The summed E-state index contributed by atoms with van der Waals surface area (Å²) in [5.41, 5.74) is 13.7. The van der Waals surface area contributed by atoms with Crippen LogP contribution in [0.3, 0.4) is 0 Å². The number of anilines is 2. The lowest BCUT2D eigenvalue weighted by atomic mass is 10.2. The second-order valence-corrected chi connectivity index (χ2v) is 3.94. The van der Waals surface area contributed by atoms with Crippen molar-refractivity contribution < 1.29 is 9.47 Å². The van der Waals surface area contributed by atoms with Gasteiger partial charge in [-0.1, -0.05) is 24.3 Å². The van der Waals surface area contributed by atoms with Crippen molar-refractivity contribution in [1.82, 2.24) is 0 Å². The number of nitrogen functional groups attached to an aromatic ring is 2. The number of hydrogen-bond acceptors (Lipinski definition) is 4. The molecule has 0 saturated heterocycles. The fourth-order valence-corrected chi connectivity index (χ4v) is 1.64. The Kier molecular flexibility index (Phi) is 3.57. The van der Waals surface area contributed by atoms with Gasteiger partial charge in [0.15, 0.2) is 0 Å². The van der Waals surface area contributed by atoms with Gasteiger partial charge in [-0.25, -0.2) is 0 Å². The fourth-order valence-electron chi connectivity index (χ4n) is 1.64. The normalized spacial score (nSPS) is 10.1. The molecule has 0 bridgehead atoms. The zero-order chi connectivity index (χ0) is 13.0. The predicted octanol–water partition coefficient (Wildman–Crippen LogP) is 2.57. The number of aryl methyl sites for hydroxylation is 1. The molecule has 0 aliphatic heterocycles. The lowest BCUT2D eigenvalue weighted by Crippen LogP contribution is -2.09. The second-order valence-electron chi connectivity index (χ2n) is 3.94. The van der Waals surface area contributed by atoms with Crippen LogP contribution in [-0.4, -0.2) is 6.79 Å². The van der Waals surface area contributed by atoms with Gasteiger partial charge >= 0.3 is 0 Å². The van der Waals surface area contributed by atoms with Crippen LogP contribution < -0.4 is 20.9 Å². The van der Waals surface area contributed by atoms with E-state index in [1.54, 1.807) is 18.2 Å². The molecule has 0 spiro atoms. The molecule has 2 aromatic rings. The first-order valence-electron chi connectivity index (χ1n) is 5.63.